The summed E-state index contributed by atoms with van der Waals surface area (Å²) < 4.78 is 6.94. The van der Waals surface area contributed by atoms with E-state index >= 15 is 0 Å². The smallest absolute Gasteiger partial charge is 0.147 e. The Balaban J connectivity index is 2.28. The van der Waals surface area contributed by atoms with Crippen molar-refractivity contribution < 1.29 is 4.74 Å². The van der Waals surface area contributed by atoms with Crippen molar-refractivity contribution in [3.05, 3.63) is 56.5 Å². The van der Waals surface area contributed by atoms with Crippen LogP contribution in [0.15, 0.2) is 40.9 Å². The molecule has 0 aliphatic carbocycles. The molecule has 0 aliphatic rings. The van der Waals surface area contributed by atoms with Crippen LogP contribution >= 0.6 is 39.1 Å². The second-order valence-electron chi connectivity index (χ2n) is 4.96. The van der Waals surface area contributed by atoms with E-state index in [4.69, 9.17) is 27.9 Å². The summed E-state index contributed by atoms with van der Waals surface area (Å²) in [6.45, 7) is 4.92. The fourth-order valence-corrected chi connectivity index (χ4v) is 2.50. The van der Waals surface area contributed by atoms with Crippen LogP contribution in [0, 0.1) is 0 Å². The van der Waals surface area contributed by atoms with Crippen molar-refractivity contribution in [1.29, 1.82) is 0 Å². The average Bonchev–Trinajstić information content (AvgIpc) is 2.43. The molecule has 2 nitrogen and oxygen atoms in total. The minimum Gasteiger partial charge on any atom is -0.455 e. The van der Waals surface area contributed by atoms with Gasteiger partial charge in [0.2, 0.25) is 0 Å². The van der Waals surface area contributed by atoms with Crippen molar-refractivity contribution in [2.45, 2.75) is 26.4 Å². The molecule has 2 aromatic carbocycles. The highest BCUT2D eigenvalue weighted by atomic mass is 79.9. The fraction of sp³-hybridized carbons (Fsp3) is 0.250. The predicted octanol–water partition coefficient (Wildman–Crippen LogP) is 6.05. The zero-order valence-corrected chi connectivity index (χ0v) is 14.9. The summed E-state index contributed by atoms with van der Waals surface area (Å²) >= 11 is 15.6. The molecule has 5 heteroatoms. The number of halogens is 3. The van der Waals surface area contributed by atoms with Crippen molar-refractivity contribution in [2.24, 2.45) is 0 Å². The van der Waals surface area contributed by atoms with Gasteiger partial charge in [-0.3, -0.25) is 0 Å². The summed E-state index contributed by atoms with van der Waals surface area (Å²) in [6, 6.07) is 11.5. The second kappa shape index (κ2) is 7.50. The number of rotatable bonds is 5. The first kappa shape index (κ1) is 16.6. The maximum atomic E-state index is 6.15. The SMILES string of the molecule is CC(C)NCc1cc(Br)ccc1Oc1cc(Cl)ccc1Cl. The van der Waals surface area contributed by atoms with E-state index in [-0.39, 0.29) is 0 Å². The third kappa shape index (κ3) is 4.89. The molecule has 112 valence electrons. The van der Waals surface area contributed by atoms with Gasteiger partial charge in [-0.1, -0.05) is 53.0 Å². The monoisotopic (exact) mass is 387 g/mol. The lowest BCUT2D eigenvalue weighted by Crippen LogP contribution is -2.22. The van der Waals surface area contributed by atoms with Crippen LogP contribution in [-0.4, -0.2) is 6.04 Å². The lowest BCUT2D eigenvalue weighted by atomic mass is 10.2. The number of hydrogen-bond acceptors (Lipinski definition) is 2. The Labute approximate surface area is 143 Å². The lowest BCUT2D eigenvalue weighted by molar-refractivity contribution is 0.469. The van der Waals surface area contributed by atoms with Gasteiger partial charge >= 0.3 is 0 Å². The van der Waals surface area contributed by atoms with Crippen molar-refractivity contribution in [1.82, 2.24) is 5.32 Å². The fourth-order valence-electron chi connectivity index (χ4n) is 1.77. The predicted molar refractivity (Wildman–Crippen MR) is 92.7 cm³/mol. The number of ether oxygens (including phenoxy) is 1. The molecule has 21 heavy (non-hydrogen) atoms. The first-order chi connectivity index (χ1) is 9.95. The third-order valence-electron chi connectivity index (χ3n) is 2.84. The zero-order valence-electron chi connectivity index (χ0n) is 11.8. The van der Waals surface area contributed by atoms with Crippen LogP contribution in [0.5, 0.6) is 11.5 Å². The molecule has 0 saturated carbocycles. The molecule has 0 spiro atoms. The summed E-state index contributed by atoms with van der Waals surface area (Å²) in [7, 11) is 0. The van der Waals surface area contributed by atoms with E-state index in [1.165, 1.54) is 0 Å². The van der Waals surface area contributed by atoms with Crippen LogP contribution in [0.2, 0.25) is 10.0 Å². The van der Waals surface area contributed by atoms with Gasteiger partial charge in [-0.2, -0.15) is 0 Å². The Kier molecular flexibility index (Phi) is 5.94. The normalized spacial score (nSPS) is 11.0. The van der Waals surface area contributed by atoms with Gasteiger partial charge in [0, 0.05) is 33.7 Å². The Morgan fingerprint density at radius 1 is 1.10 bits per heavy atom. The average molecular weight is 389 g/mol. The molecule has 0 aliphatic heterocycles. The van der Waals surface area contributed by atoms with Crippen molar-refractivity contribution in [3.63, 3.8) is 0 Å². The van der Waals surface area contributed by atoms with Crippen molar-refractivity contribution in [2.75, 3.05) is 0 Å². The maximum absolute atomic E-state index is 6.15. The summed E-state index contributed by atoms with van der Waals surface area (Å²) in [5.41, 5.74) is 1.05. The van der Waals surface area contributed by atoms with E-state index in [1.807, 2.05) is 18.2 Å². The van der Waals surface area contributed by atoms with Crippen LogP contribution in [0.1, 0.15) is 19.4 Å². The highest BCUT2D eigenvalue weighted by Gasteiger charge is 2.09. The molecule has 2 rings (SSSR count). The summed E-state index contributed by atoms with van der Waals surface area (Å²) in [5, 5.41) is 4.50. The standard InChI is InChI=1S/C16H16BrCl2NO/c1-10(2)20-9-11-7-12(17)3-6-15(11)21-16-8-13(18)4-5-14(16)19/h3-8,10,20H,9H2,1-2H3. The first-order valence-electron chi connectivity index (χ1n) is 6.60. The number of hydrogen-bond donors (Lipinski definition) is 1. The molecule has 0 saturated heterocycles. The van der Waals surface area contributed by atoms with Crippen LogP contribution in [0.4, 0.5) is 0 Å². The quantitative estimate of drug-likeness (QED) is 0.673. The lowest BCUT2D eigenvalue weighted by Gasteiger charge is -2.15. The van der Waals surface area contributed by atoms with Crippen molar-refractivity contribution in [3.8, 4) is 11.5 Å². The van der Waals surface area contributed by atoms with Crippen LogP contribution in [0.3, 0.4) is 0 Å². The summed E-state index contributed by atoms with van der Waals surface area (Å²) in [5.74, 6) is 1.31. The molecular formula is C16H16BrCl2NO. The third-order valence-corrected chi connectivity index (χ3v) is 3.88. The van der Waals surface area contributed by atoms with Crippen molar-refractivity contribution >= 4 is 39.1 Å². The Bertz CT molecular complexity index is 632. The van der Waals surface area contributed by atoms with Gasteiger partial charge in [0.25, 0.3) is 0 Å². The van der Waals surface area contributed by atoms with Gasteiger partial charge in [0.1, 0.15) is 11.5 Å². The van der Waals surface area contributed by atoms with Gasteiger partial charge in [-0.25, -0.2) is 0 Å². The first-order valence-corrected chi connectivity index (χ1v) is 8.15. The Morgan fingerprint density at radius 2 is 1.86 bits per heavy atom. The summed E-state index contributed by atoms with van der Waals surface area (Å²) in [4.78, 5) is 0. The van der Waals surface area contributed by atoms with Gasteiger partial charge in [0.15, 0.2) is 0 Å². The molecular weight excluding hydrogens is 373 g/mol. The number of nitrogens with one attached hydrogen (secondary N) is 1. The molecule has 0 radical (unpaired) electrons. The molecule has 0 bridgehead atoms. The molecule has 0 unspecified atom stereocenters. The van der Waals surface area contributed by atoms with E-state index in [0.29, 0.717) is 28.4 Å². The molecule has 0 atom stereocenters. The second-order valence-corrected chi connectivity index (χ2v) is 6.72. The molecule has 0 amide bonds. The molecule has 1 N–H and O–H groups in total. The Hall–Kier alpha value is -0.740. The Morgan fingerprint density at radius 3 is 2.57 bits per heavy atom. The van der Waals surface area contributed by atoms with E-state index in [0.717, 1.165) is 15.8 Å². The highest BCUT2D eigenvalue weighted by Crippen LogP contribution is 2.34. The van der Waals surface area contributed by atoms with E-state index < -0.39 is 0 Å². The highest BCUT2D eigenvalue weighted by molar-refractivity contribution is 9.10. The molecule has 2 aromatic rings. The molecule has 0 aromatic heterocycles. The van der Waals surface area contributed by atoms with Gasteiger partial charge in [0.05, 0.1) is 5.02 Å². The topological polar surface area (TPSA) is 21.3 Å². The van der Waals surface area contributed by atoms with Gasteiger partial charge < -0.3 is 10.1 Å². The van der Waals surface area contributed by atoms with Crippen LogP contribution in [-0.2, 0) is 6.54 Å². The van der Waals surface area contributed by atoms with E-state index in [2.05, 4.69) is 35.1 Å². The van der Waals surface area contributed by atoms with E-state index in [9.17, 15) is 0 Å². The molecule has 0 heterocycles. The maximum Gasteiger partial charge on any atom is 0.147 e. The van der Waals surface area contributed by atoms with Crippen LogP contribution < -0.4 is 10.1 Å². The zero-order chi connectivity index (χ0) is 15.4. The van der Waals surface area contributed by atoms with Gasteiger partial charge in [-0.15, -0.1) is 0 Å². The molecule has 0 fully saturated rings. The summed E-state index contributed by atoms with van der Waals surface area (Å²) in [6.07, 6.45) is 0. The largest absolute Gasteiger partial charge is 0.455 e. The van der Waals surface area contributed by atoms with Gasteiger partial charge in [-0.05, 0) is 30.3 Å². The number of benzene rings is 2. The van der Waals surface area contributed by atoms with Crippen LogP contribution in [0.25, 0.3) is 0 Å². The minimum atomic E-state index is 0.395. The minimum absolute atomic E-state index is 0.395. The van der Waals surface area contributed by atoms with E-state index in [1.54, 1.807) is 18.2 Å².